The molecule has 0 fully saturated rings. The molecular weight excluding hydrogens is 312 g/mol. The number of aromatic nitrogens is 1. The minimum atomic E-state index is 0. The lowest BCUT2D eigenvalue weighted by Crippen LogP contribution is -2.13. The molecule has 1 aromatic carbocycles. The molecule has 2 rings (SSSR count). The van der Waals surface area contributed by atoms with Gasteiger partial charge >= 0.3 is 0 Å². The number of nitrogens with zero attached hydrogens (tertiary/aromatic N) is 1. The zero-order valence-corrected chi connectivity index (χ0v) is 14.1. The summed E-state index contributed by atoms with van der Waals surface area (Å²) in [6.07, 6.45) is 5.33. The summed E-state index contributed by atoms with van der Waals surface area (Å²) < 4.78 is 11.2. The molecule has 0 spiro atoms. The lowest BCUT2D eigenvalue weighted by molar-refractivity contribution is 0.296. The molecule has 0 unspecified atom stereocenters. The Hall–Kier alpha value is -2.04. The van der Waals surface area contributed by atoms with Gasteiger partial charge in [-0.25, -0.2) is 0 Å². The number of nitrogens with one attached hydrogen (secondary N) is 1. The van der Waals surface area contributed by atoms with Crippen molar-refractivity contribution in [3.05, 3.63) is 66.5 Å². The van der Waals surface area contributed by atoms with Gasteiger partial charge in [0, 0.05) is 25.5 Å². The molecule has 0 aliphatic carbocycles. The van der Waals surface area contributed by atoms with Crippen molar-refractivity contribution < 1.29 is 9.47 Å². The Labute approximate surface area is 144 Å². The highest BCUT2D eigenvalue weighted by molar-refractivity contribution is 5.85. The van der Waals surface area contributed by atoms with E-state index in [1.807, 2.05) is 37.3 Å². The molecule has 4 nitrogen and oxygen atoms in total. The van der Waals surface area contributed by atoms with Gasteiger partial charge in [0.25, 0.3) is 0 Å². The largest absolute Gasteiger partial charge is 0.490 e. The van der Waals surface area contributed by atoms with E-state index in [2.05, 4.69) is 16.9 Å². The van der Waals surface area contributed by atoms with Crippen LogP contribution >= 0.6 is 12.4 Å². The molecule has 2 aromatic rings. The summed E-state index contributed by atoms with van der Waals surface area (Å²) in [5.74, 6) is 1.52. The van der Waals surface area contributed by atoms with Crippen molar-refractivity contribution in [2.45, 2.75) is 20.0 Å². The van der Waals surface area contributed by atoms with Crippen LogP contribution in [0.5, 0.6) is 11.5 Å². The van der Waals surface area contributed by atoms with Crippen molar-refractivity contribution in [2.24, 2.45) is 0 Å². The van der Waals surface area contributed by atoms with E-state index in [0.717, 1.165) is 30.2 Å². The second kappa shape index (κ2) is 10.6. The third-order valence-corrected chi connectivity index (χ3v) is 3.07. The standard InChI is InChI=1S/C18H22N2O2.ClH/c1-3-11-22-17-6-5-16(12-18(17)21-4-2)14-20-13-15-7-9-19-10-8-15;/h3,5-10,12,20H,1,4,11,13-14H2,2H3;1H. The Morgan fingerprint density at radius 1 is 1.04 bits per heavy atom. The van der Waals surface area contributed by atoms with Crippen molar-refractivity contribution in [2.75, 3.05) is 13.2 Å². The molecule has 0 amide bonds. The summed E-state index contributed by atoms with van der Waals surface area (Å²) in [7, 11) is 0. The predicted molar refractivity (Wildman–Crippen MR) is 95.3 cm³/mol. The lowest BCUT2D eigenvalue weighted by atomic mass is 10.2. The topological polar surface area (TPSA) is 43.4 Å². The summed E-state index contributed by atoms with van der Waals surface area (Å²) in [5.41, 5.74) is 2.37. The number of hydrogen-bond acceptors (Lipinski definition) is 4. The molecule has 5 heteroatoms. The van der Waals surface area contributed by atoms with Gasteiger partial charge in [-0.2, -0.15) is 0 Å². The van der Waals surface area contributed by atoms with Crippen LogP contribution < -0.4 is 14.8 Å². The maximum absolute atomic E-state index is 5.64. The molecule has 0 radical (unpaired) electrons. The van der Waals surface area contributed by atoms with Gasteiger partial charge in [0.1, 0.15) is 6.61 Å². The highest BCUT2D eigenvalue weighted by Gasteiger charge is 2.06. The second-order valence-electron chi connectivity index (χ2n) is 4.77. The number of hydrogen-bond donors (Lipinski definition) is 1. The molecule has 1 aromatic heterocycles. The summed E-state index contributed by atoms with van der Waals surface area (Å²) in [6.45, 7) is 8.28. The van der Waals surface area contributed by atoms with Crippen molar-refractivity contribution in [3.8, 4) is 11.5 Å². The highest BCUT2D eigenvalue weighted by Crippen LogP contribution is 2.28. The normalized spacial score (nSPS) is 9.78. The minimum Gasteiger partial charge on any atom is -0.490 e. The van der Waals surface area contributed by atoms with Gasteiger partial charge in [-0.3, -0.25) is 4.98 Å². The molecule has 0 aliphatic rings. The van der Waals surface area contributed by atoms with E-state index in [-0.39, 0.29) is 12.4 Å². The molecule has 0 aliphatic heterocycles. The number of benzene rings is 1. The van der Waals surface area contributed by atoms with Gasteiger partial charge in [0.2, 0.25) is 0 Å². The highest BCUT2D eigenvalue weighted by atomic mass is 35.5. The van der Waals surface area contributed by atoms with E-state index in [0.29, 0.717) is 13.2 Å². The number of ether oxygens (including phenoxy) is 2. The summed E-state index contributed by atoms with van der Waals surface area (Å²) in [5, 5.41) is 3.41. The fraction of sp³-hybridized carbons (Fsp3) is 0.278. The van der Waals surface area contributed by atoms with Gasteiger partial charge < -0.3 is 14.8 Å². The molecular formula is C18H23ClN2O2. The van der Waals surface area contributed by atoms with E-state index >= 15 is 0 Å². The van der Waals surface area contributed by atoms with Gasteiger partial charge in [-0.15, -0.1) is 12.4 Å². The van der Waals surface area contributed by atoms with Crippen molar-refractivity contribution >= 4 is 12.4 Å². The van der Waals surface area contributed by atoms with E-state index < -0.39 is 0 Å². The smallest absolute Gasteiger partial charge is 0.161 e. The van der Waals surface area contributed by atoms with Crippen molar-refractivity contribution in [1.29, 1.82) is 0 Å². The van der Waals surface area contributed by atoms with E-state index in [1.165, 1.54) is 5.56 Å². The average Bonchev–Trinajstić information content (AvgIpc) is 2.55. The van der Waals surface area contributed by atoms with Crippen LogP contribution in [-0.2, 0) is 13.1 Å². The Kier molecular flexibility index (Phi) is 8.80. The summed E-state index contributed by atoms with van der Waals surface area (Å²) in [4.78, 5) is 4.01. The second-order valence-corrected chi connectivity index (χ2v) is 4.77. The fourth-order valence-corrected chi connectivity index (χ4v) is 2.05. The third-order valence-electron chi connectivity index (χ3n) is 3.07. The van der Waals surface area contributed by atoms with Crippen molar-refractivity contribution in [3.63, 3.8) is 0 Å². The zero-order valence-electron chi connectivity index (χ0n) is 13.3. The SMILES string of the molecule is C=CCOc1ccc(CNCc2ccncc2)cc1OCC.Cl. The quantitative estimate of drug-likeness (QED) is 0.709. The Morgan fingerprint density at radius 3 is 2.48 bits per heavy atom. The summed E-state index contributed by atoms with van der Waals surface area (Å²) in [6, 6.07) is 10.0. The molecule has 23 heavy (non-hydrogen) atoms. The van der Waals surface area contributed by atoms with Crippen LogP contribution in [0.4, 0.5) is 0 Å². The first-order chi connectivity index (χ1) is 10.8. The fourth-order valence-electron chi connectivity index (χ4n) is 2.05. The first-order valence-corrected chi connectivity index (χ1v) is 7.42. The molecule has 0 saturated carbocycles. The average molecular weight is 335 g/mol. The first-order valence-electron chi connectivity index (χ1n) is 7.42. The van der Waals surface area contributed by atoms with Crippen LogP contribution in [0.3, 0.4) is 0 Å². The Balaban J connectivity index is 0.00000264. The van der Waals surface area contributed by atoms with E-state index in [4.69, 9.17) is 9.47 Å². The Bertz CT molecular complexity index is 591. The minimum absolute atomic E-state index is 0. The summed E-state index contributed by atoms with van der Waals surface area (Å²) >= 11 is 0. The van der Waals surface area contributed by atoms with Crippen LogP contribution in [0.1, 0.15) is 18.1 Å². The number of rotatable bonds is 9. The van der Waals surface area contributed by atoms with Crippen LogP contribution in [0.25, 0.3) is 0 Å². The van der Waals surface area contributed by atoms with Crippen LogP contribution in [0.2, 0.25) is 0 Å². The van der Waals surface area contributed by atoms with Crippen molar-refractivity contribution in [1.82, 2.24) is 10.3 Å². The number of pyridine rings is 1. The zero-order chi connectivity index (χ0) is 15.6. The first kappa shape index (κ1) is 19.0. The maximum Gasteiger partial charge on any atom is 0.161 e. The molecule has 0 bridgehead atoms. The maximum atomic E-state index is 5.64. The monoisotopic (exact) mass is 334 g/mol. The third kappa shape index (κ3) is 6.30. The van der Waals surface area contributed by atoms with Gasteiger partial charge in [0.15, 0.2) is 11.5 Å². The number of halogens is 1. The Morgan fingerprint density at radius 2 is 1.78 bits per heavy atom. The molecule has 0 atom stereocenters. The van der Waals surface area contributed by atoms with Crippen LogP contribution in [-0.4, -0.2) is 18.2 Å². The van der Waals surface area contributed by atoms with Crippen LogP contribution in [0, 0.1) is 0 Å². The molecule has 0 saturated heterocycles. The van der Waals surface area contributed by atoms with Gasteiger partial charge in [-0.05, 0) is 42.3 Å². The van der Waals surface area contributed by atoms with Crippen LogP contribution in [0.15, 0.2) is 55.4 Å². The van der Waals surface area contributed by atoms with E-state index in [1.54, 1.807) is 18.5 Å². The molecule has 1 heterocycles. The van der Waals surface area contributed by atoms with Gasteiger partial charge in [-0.1, -0.05) is 18.7 Å². The van der Waals surface area contributed by atoms with E-state index in [9.17, 15) is 0 Å². The molecule has 1 N–H and O–H groups in total. The molecule has 124 valence electrons. The lowest BCUT2D eigenvalue weighted by Gasteiger charge is -2.13. The predicted octanol–water partition coefficient (Wildman–Crippen LogP) is 3.76. The van der Waals surface area contributed by atoms with Gasteiger partial charge in [0.05, 0.1) is 6.61 Å².